The highest BCUT2D eigenvalue weighted by Gasteiger charge is 2.45. The van der Waals surface area contributed by atoms with E-state index in [1.54, 1.807) is 36.4 Å². The van der Waals surface area contributed by atoms with Crippen LogP contribution in [0.15, 0.2) is 50.1 Å². The second kappa shape index (κ2) is 7.72. The van der Waals surface area contributed by atoms with E-state index in [2.05, 4.69) is 26.1 Å². The van der Waals surface area contributed by atoms with Crippen molar-refractivity contribution in [2.24, 2.45) is 0 Å². The molecule has 1 aliphatic rings. The molecule has 0 bridgehead atoms. The van der Waals surface area contributed by atoms with Crippen molar-refractivity contribution < 1.29 is 19.1 Å². The summed E-state index contributed by atoms with van der Waals surface area (Å²) >= 11 is 4.61. The Morgan fingerprint density at radius 3 is 2.75 bits per heavy atom. The number of fused-ring (bicyclic) bond motifs is 2. The van der Waals surface area contributed by atoms with Crippen LogP contribution in [0.3, 0.4) is 0 Å². The van der Waals surface area contributed by atoms with Crippen LogP contribution in [0.25, 0.3) is 11.0 Å². The average molecular weight is 514 g/mol. The molecule has 8 nitrogen and oxygen atoms in total. The Kier molecular flexibility index (Phi) is 4.98. The Balaban J connectivity index is 1.82. The Bertz CT molecular complexity index is 1450. The summed E-state index contributed by atoms with van der Waals surface area (Å²) in [7, 11) is 1.43. The molecule has 0 fully saturated rings. The molecule has 1 atom stereocenters. The van der Waals surface area contributed by atoms with Crippen molar-refractivity contribution in [1.29, 1.82) is 0 Å². The third-order valence-corrected chi connectivity index (χ3v) is 7.00. The summed E-state index contributed by atoms with van der Waals surface area (Å²) in [5, 5.41) is 20.1. The zero-order chi connectivity index (χ0) is 22.6. The Labute approximate surface area is 194 Å². The smallest absolute Gasteiger partial charge is 0.297 e. The number of phenolic OH excluding ortho intramolecular Hbond substituents is 1. The molecule has 2 aromatic heterocycles. The molecule has 10 heteroatoms. The Hall–Kier alpha value is -3.24. The molecule has 0 saturated heterocycles. The second-order valence-corrected chi connectivity index (χ2v) is 9.03. The fraction of sp³-hybridized carbons (Fsp3) is 0.182. The number of aromatic hydroxyl groups is 1. The van der Waals surface area contributed by atoms with Crippen LogP contribution in [0.1, 0.15) is 39.7 Å². The standard InChI is InChI=1S/C22H16BrN3O5S/c1-3-15-24-25-22(32-15)26-17(10-8-12(23)19(28)14(9-10)30-2)16-18(27)11-6-4-5-7-13(11)31-20(16)21(26)29/h4-9,17,28H,3H2,1-2H3. The molecule has 0 radical (unpaired) electrons. The van der Waals surface area contributed by atoms with Crippen molar-refractivity contribution in [3.05, 3.63) is 73.0 Å². The molecule has 0 aliphatic carbocycles. The molecule has 1 unspecified atom stereocenters. The summed E-state index contributed by atoms with van der Waals surface area (Å²) in [6, 6.07) is 9.22. The minimum Gasteiger partial charge on any atom is -0.503 e. The van der Waals surface area contributed by atoms with Crippen molar-refractivity contribution >= 4 is 49.3 Å². The number of aryl methyl sites for hydroxylation is 1. The number of phenols is 1. The molecule has 1 aliphatic heterocycles. The number of benzene rings is 2. The van der Waals surface area contributed by atoms with E-state index in [-0.39, 0.29) is 28.3 Å². The van der Waals surface area contributed by atoms with E-state index >= 15 is 0 Å². The van der Waals surface area contributed by atoms with E-state index in [0.717, 1.165) is 5.01 Å². The van der Waals surface area contributed by atoms with E-state index in [1.807, 2.05) is 6.92 Å². The van der Waals surface area contributed by atoms with Gasteiger partial charge >= 0.3 is 0 Å². The molecular weight excluding hydrogens is 498 g/mol. The van der Waals surface area contributed by atoms with Crippen molar-refractivity contribution in [1.82, 2.24) is 10.2 Å². The van der Waals surface area contributed by atoms with Gasteiger partial charge in [0.15, 0.2) is 16.9 Å². The molecule has 162 valence electrons. The molecule has 4 aromatic rings. The number of para-hydroxylation sites is 1. The number of methoxy groups -OCH3 is 1. The zero-order valence-corrected chi connectivity index (χ0v) is 19.4. The first-order valence-electron chi connectivity index (χ1n) is 9.72. The first kappa shape index (κ1) is 20.7. The third kappa shape index (κ3) is 3.01. The molecular formula is C22H16BrN3O5S. The van der Waals surface area contributed by atoms with Crippen molar-refractivity contribution in [2.75, 3.05) is 12.0 Å². The van der Waals surface area contributed by atoms with Crippen molar-refractivity contribution in [3.8, 4) is 11.5 Å². The van der Waals surface area contributed by atoms with Crippen molar-refractivity contribution in [2.45, 2.75) is 19.4 Å². The highest BCUT2D eigenvalue weighted by atomic mass is 79.9. The lowest BCUT2D eigenvalue weighted by Gasteiger charge is -2.23. The lowest BCUT2D eigenvalue weighted by atomic mass is 9.98. The van der Waals surface area contributed by atoms with Gasteiger partial charge in [0.25, 0.3) is 5.91 Å². The molecule has 1 amide bonds. The maximum atomic E-state index is 13.5. The number of hydrogen-bond donors (Lipinski definition) is 1. The van der Waals surface area contributed by atoms with Gasteiger partial charge in [-0.1, -0.05) is 30.4 Å². The molecule has 0 saturated carbocycles. The predicted molar refractivity (Wildman–Crippen MR) is 123 cm³/mol. The number of nitrogens with zero attached hydrogens (tertiary/aromatic N) is 3. The van der Waals surface area contributed by atoms with E-state index in [1.165, 1.54) is 23.3 Å². The van der Waals surface area contributed by atoms with Crippen LogP contribution in [0.2, 0.25) is 0 Å². The Morgan fingerprint density at radius 2 is 2.03 bits per heavy atom. The highest BCUT2D eigenvalue weighted by Crippen LogP contribution is 2.45. The van der Waals surface area contributed by atoms with E-state index in [4.69, 9.17) is 9.15 Å². The summed E-state index contributed by atoms with van der Waals surface area (Å²) < 4.78 is 11.6. The Morgan fingerprint density at radius 1 is 1.25 bits per heavy atom. The molecule has 0 spiro atoms. The monoisotopic (exact) mass is 513 g/mol. The quantitative estimate of drug-likeness (QED) is 0.430. The second-order valence-electron chi connectivity index (χ2n) is 7.13. The summed E-state index contributed by atoms with van der Waals surface area (Å²) in [5.74, 6) is -0.390. The van der Waals surface area contributed by atoms with Gasteiger partial charge in [-0.05, 0) is 52.2 Å². The van der Waals surface area contributed by atoms with Gasteiger partial charge in [-0.25, -0.2) is 0 Å². The number of anilines is 1. The normalized spacial score (nSPS) is 15.4. The largest absolute Gasteiger partial charge is 0.503 e. The number of rotatable bonds is 4. The first-order valence-corrected chi connectivity index (χ1v) is 11.3. The summed E-state index contributed by atoms with van der Waals surface area (Å²) in [6.45, 7) is 1.95. The average Bonchev–Trinajstić information content (AvgIpc) is 3.38. The van der Waals surface area contributed by atoms with E-state index in [0.29, 0.717) is 32.6 Å². The van der Waals surface area contributed by atoms with Crippen molar-refractivity contribution in [3.63, 3.8) is 0 Å². The van der Waals surface area contributed by atoms with Gasteiger partial charge in [-0.15, -0.1) is 10.2 Å². The molecule has 1 N–H and O–H groups in total. The SMILES string of the molecule is CCc1nnc(N2C(=O)c3oc4ccccc4c(=O)c3C2c2cc(Br)c(O)c(OC)c2)s1. The van der Waals surface area contributed by atoms with Crippen LogP contribution in [-0.4, -0.2) is 28.3 Å². The first-order chi connectivity index (χ1) is 15.4. The number of carbonyl (C=O) groups excluding carboxylic acids is 1. The molecule has 5 rings (SSSR count). The van der Waals surface area contributed by atoms with Crippen LogP contribution >= 0.6 is 27.3 Å². The van der Waals surface area contributed by atoms with Crippen LogP contribution < -0.4 is 15.1 Å². The van der Waals surface area contributed by atoms with Crippen LogP contribution in [0, 0.1) is 0 Å². The minimum atomic E-state index is -0.832. The number of hydrogen-bond acceptors (Lipinski definition) is 8. The summed E-state index contributed by atoms with van der Waals surface area (Å²) in [5.41, 5.74) is 0.795. The number of aromatic nitrogens is 2. The lowest BCUT2D eigenvalue weighted by molar-refractivity contribution is 0.0970. The molecule has 32 heavy (non-hydrogen) atoms. The van der Waals surface area contributed by atoms with Crippen LogP contribution in [0.5, 0.6) is 11.5 Å². The van der Waals surface area contributed by atoms with Gasteiger partial charge in [-0.2, -0.15) is 0 Å². The van der Waals surface area contributed by atoms with Gasteiger partial charge in [0.05, 0.1) is 28.6 Å². The van der Waals surface area contributed by atoms with E-state index < -0.39 is 11.9 Å². The van der Waals surface area contributed by atoms with Crippen LogP contribution in [0.4, 0.5) is 5.13 Å². The fourth-order valence-electron chi connectivity index (χ4n) is 3.82. The van der Waals surface area contributed by atoms with E-state index in [9.17, 15) is 14.7 Å². The number of halogens is 1. The number of ether oxygens (including phenoxy) is 1. The lowest BCUT2D eigenvalue weighted by Crippen LogP contribution is -2.29. The maximum absolute atomic E-state index is 13.5. The third-order valence-electron chi connectivity index (χ3n) is 5.33. The van der Waals surface area contributed by atoms with Gasteiger partial charge in [-0.3, -0.25) is 14.5 Å². The van der Waals surface area contributed by atoms with Gasteiger partial charge < -0.3 is 14.3 Å². The summed E-state index contributed by atoms with van der Waals surface area (Å²) in [4.78, 5) is 28.5. The predicted octanol–water partition coefficient (Wildman–Crippen LogP) is 4.43. The molecule has 3 heterocycles. The maximum Gasteiger partial charge on any atom is 0.297 e. The molecule has 2 aromatic carbocycles. The van der Waals surface area contributed by atoms with Gasteiger partial charge in [0.2, 0.25) is 10.9 Å². The van der Waals surface area contributed by atoms with Gasteiger partial charge in [0.1, 0.15) is 10.6 Å². The number of carbonyl (C=O) groups is 1. The van der Waals surface area contributed by atoms with Gasteiger partial charge in [0, 0.05) is 0 Å². The zero-order valence-electron chi connectivity index (χ0n) is 17.0. The topological polar surface area (TPSA) is 106 Å². The highest BCUT2D eigenvalue weighted by molar-refractivity contribution is 9.10. The fourth-order valence-corrected chi connectivity index (χ4v) is 5.09. The number of amides is 1. The van der Waals surface area contributed by atoms with Crippen LogP contribution in [-0.2, 0) is 6.42 Å². The minimum absolute atomic E-state index is 0.0323. The summed E-state index contributed by atoms with van der Waals surface area (Å²) in [6.07, 6.45) is 0.664.